The first-order chi connectivity index (χ1) is 9.09. The summed E-state index contributed by atoms with van der Waals surface area (Å²) in [6, 6.07) is 5.31. The molecule has 7 nitrogen and oxygen atoms in total. The Morgan fingerprint density at radius 1 is 1.25 bits per heavy atom. The van der Waals surface area contributed by atoms with Crippen molar-refractivity contribution in [3.63, 3.8) is 0 Å². The Morgan fingerprint density at radius 2 is 1.90 bits per heavy atom. The molecule has 1 aromatic rings. The Balaban J connectivity index is 2.65. The van der Waals surface area contributed by atoms with Gasteiger partial charge in [-0.3, -0.25) is 4.79 Å². The van der Waals surface area contributed by atoms with E-state index in [1.165, 1.54) is 24.3 Å². The number of rotatable bonds is 6. The molecule has 20 heavy (non-hydrogen) atoms. The Labute approximate surface area is 118 Å². The number of benzene rings is 1. The zero-order valence-electron chi connectivity index (χ0n) is 10.9. The first kappa shape index (κ1) is 16.6. The molecule has 0 aliphatic heterocycles. The van der Waals surface area contributed by atoms with Gasteiger partial charge in [0.2, 0.25) is 10.0 Å². The molecule has 9 heteroatoms. The Bertz CT molecular complexity index is 695. The lowest BCUT2D eigenvalue weighted by molar-refractivity contribution is 0.0953. The molecular weight excluding hydrogens is 304 g/mol. The average molecular weight is 320 g/mol. The van der Waals surface area contributed by atoms with Crippen LogP contribution in [0, 0.1) is 0 Å². The molecule has 0 heterocycles. The van der Waals surface area contributed by atoms with E-state index in [4.69, 9.17) is 5.14 Å². The van der Waals surface area contributed by atoms with Crippen molar-refractivity contribution in [2.24, 2.45) is 5.14 Å². The van der Waals surface area contributed by atoms with Crippen molar-refractivity contribution in [3.05, 3.63) is 29.8 Å². The van der Waals surface area contributed by atoms with E-state index >= 15 is 0 Å². The number of hydrogen-bond donors (Lipinski definition) is 2. The number of hydrogen-bond acceptors (Lipinski definition) is 5. The summed E-state index contributed by atoms with van der Waals surface area (Å²) in [5.41, 5.74) is 0.149. The van der Waals surface area contributed by atoms with Gasteiger partial charge in [0.1, 0.15) is 9.84 Å². The Kier molecular flexibility index (Phi) is 5.26. The number of carbonyl (C=O) groups excluding carboxylic acids is 1. The van der Waals surface area contributed by atoms with E-state index < -0.39 is 25.8 Å². The first-order valence-electron chi connectivity index (χ1n) is 5.68. The lowest BCUT2D eigenvalue weighted by atomic mass is 10.2. The van der Waals surface area contributed by atoms with Crippen molar-refractivity contribution in [2.75, 3.05) is 18.6 Å². The van der Waals surface area contributed by atoms with Gasteiger partial charge in [0.25, 0.3) is 5.91 Å². The standard InChI is InChI=1S/C11H16N2O5S2/c1-19(15,16)7-3-6-13-11(14)9-4-2-5-10(8-9)20(12,17)18/h2,4-5,8H,3,6-7H2,1H3,(H,13,14)(H2,12,17,18). The number of carbonyl (C=O) groups is 1. The van der Waals surface area contributed by atoms with Gasteiger partial charge in [-0.05, 0) is 24.6 Å². The summed E-state index contributed by atoms with van der Waals surface area (Å²) < 4.78 is 44.1. The van der Waals surface area contributed by atoms with Crippen LogP contribution in [0.15, 0.2) is 29.2 Å². The monoisotopic (exact) mass is 320 g/mol. The molecule has 0 atom stereocenters. The highest BCUT2D eigenvalue weighted by molar-refractivity contribution is 7.90. The fraction of sp³-hybridized carbons (Fsp3) is 0.364. The van der Waals surface area contributed by atoms with Gasteiger partial charge in [-0.15, -0.1) is 0 Å². The summed E-state index contributed by atoms with van der Waals surface area (Å²) in [6.07, 6.45) is 1.41. The van der Waals surface area contributed by atoms with Crippen molar-refractivity contribution in [2.45, 2.75) is 11.3 Å². The first-order valence-corrected chi connectivity index (χ1v) is 9.29. The Hall–Kier alpha value is -1.45. The topological polar surface area (TPSA) is 123 Å². The highest BCUT2D eigenvalue weighted by atomic mass is 32.2. The molecule has 0 bridgehead atoms. The number of amides is 1. The lowest BCUT2D eigenvalue weighted by Gasteiger charge is -2.06. The van der Waals surface area contributed by atoms with Crippen molar-refractivity contribution in [1.29, 1.82) is 0 Å². The predicted molar refractivity (Wildman–Crippen MR) is 74.5 cm³/mol. The summed E-state index contributed by atoms with van der Waals surface area (Å²) in [6.45, 7) is 0.186. The molecule has 0 fully saturated rings. The molecule has 0 saturated carbocycles. The van der Waals surface area contributed by atoms with Gasteiger partial charge >= 0.3 is 0 Å². The maximum atomic E-state index is 11.8. The summed E-state index contributed by atoms with van der Waals surface area (Å²) in [4.78, 5) is 11.6. The predicted octanol–water partition coefficient (Wildman–Crippen LogP) is -0.501. The third-order valence-electron chi connectivity index (χ3n) is 2.40. The van der Waals surface area contributed by atoms with E-state index in [-0.39, 0.29) is 22.8 Å². The van der Waals surface area contributed by atoms with E-state index in [0.717, 1.165) is 6.26 Å². The molecule has 0 radical (unpaired) electrons. The van der Waals surface area contributed by atoms with Crippen LogP contribution in [0.3, 0.4) is 0 Å². The fourth-order valence-electron chi connectivity index (χ4n) is 1.45. The van der Waals surface area contributed by atoms with Crippen LogP contribution in [-0.2, 0) is 19.9 Å². The second-order valence-corrected chi connectivity index (χ2v) is 8.13. The maximum Gasteiger partial charge on any atom is 0.251 e. The molecule has 0 unspecified atom stereocenters. The van der Waals surface area contributed by atoms with Gasteiger partial charge in [-0.2, -0.15) is 0 Å². The summed E-state index contributed by atoms with van der Waals surface area (Å²) >= 11 is 0. The molecule has 0 saturated heterocycles. The van der Waals surface area contributed by atoms with Gasteiger partial charge in [0.05, 0.1) is 10.6 Å². The van der Waals surface area contributed by atoms with Crippen molar-refractivity contribution >= 4 is 25.8 Å². The number of primary sulfonamides is 1. The minimum absolute atomic E-state index is 0.0233. The highest BCUT2D eigenvalue weighted by Gasteiger charge is 2.11. The lowest BCUT2D eigenvalue weighted by Crippen LogP contribution is -2.26. The van der Waals surface area contributed by atoms with Crippen LogP contribution in [0.5, 0.6) is 0 Å². The van der Waals surface area contributed by atoms with Gasteiger partial charge in [0, 0.05) is 18.4 Å². The molecule has 112 valence electrons. The third kappa shape index (κ3) is 5.68. The summed E-state index contributed by atoms with van der Waals surface area (Å²) in [5, 5.41) is 7.48. The zero-order valence-corrected chi connectivity index (χ0v) is 12.5. The zero-order chi connectivity index (χ0) is 15.4. The third-order valence-corrected chi connectivity index (χ3v) is 4.34. The molecular formula is C11H16N2O5S2. The van der Waals surface area contributed by atoms with E-state index in [2.05, 4.69) is 5.32 Å². The van der Waals surface area contributed by atoms with Crippen molar-refractivity contribution in [3.8, 4) is 0 Å². The van der Waals surface area contributed by atoms with E-state index in [1.54, 1.807) is 0 Å². The van der Waals surface area contributed by atoms with Gasteiger partial charge in [0.15, 0.2) is 0 Å². The minimum atomic E-state index is -3.86. The molecule has 0 aliphatic rings. The van der Waals surface area contributed by atoms with Crippen LogP contribution in [-0.4, -0.2) is 41.3 Å². The van der Waals surface area contributed by atoms with E-state index in [9.17, 15) is 21.6 Å². The number of sulfonamides is 1. The van der Waals surface area contributed by atoms with Crippen molar-refractivity contribution in [1.82, 2.24) is 5.32 Å². The molecule has 0 spiro atoms. The van der Waals surface area contributed by atoms with Gasteiger partial charge < -0.3 is 5.32 Å². The second kappa shape index (κ2) is 6.33. The summed E-state index contributed by atoms with van der Waals surface area (Å²) in [7, 11) is -6.92. The van der Waals surface area contributed by atoms with Crippen LogP contribution in [0.4, 0.5) is 0 Å². The number of nitrogens with one attached hydrogen (secondary N) is 1. The normalized spacial score (nSPS) is 12.1. The Morgan fingerprint density at radius 3 is 2.45 bits per heavy atom. The maximum absolute atomic E-state index is 11.8. The van der Waals surface area contributed by atoms with Crippen LogP contribution in [0.1, 0.15) is 16.8 Å². The van der Waals surface area contributed by atoms with E-state index in [0.29, 0.717) is 6.42 Å². The van der Waals surface area contributed by atoms with Gasteiger partial charge in [-0.1, -0.05) is 6.07 Å². The minimum Gasteiger partial charge on any atom is -0.352 e. The average Bonchev–Trinajstić information content (AvgIpc) is 2.32. The molecule has 1 aromatic carbocycles. The fourth-order valence-corrected chi connectivity index (χ4v) is 2.68. The van der Waals surface area contributed by atoms with E-state index in [1.807, 2.05) is 0 Å². The largest absolute Gasteiger partial charge is 0.352 e. The SMILES string of the molecule is CS(=O)(=O)CCCNC(=O)c1cccc(S(N)(=O)=O)c1. The molecule has 0 aliphatic carbocycles. The number of nitrogens with two attached hydrogens (primary N) is 1. The number of sulfone groups is 1. The molecule has 0 aromatic heterocycles. The highest BCUT2D eigenvalue weighted by Crippen LogP contribution is 2.09. The van der Waals surface area contributed by atoms with Crippen LogP contribution in [0.25, 0.3) is 0 Å². The van der Waals surface area contributed by atoms with Crippen LogP contribution in [0.2, 0.25) is 0 Å². The van der Waals surface area contributed by atoms with Crippen molar-refractivity contribution < 1.29 is 21.6 Å². The van der Waals surface area contributed by atoms with Gasteiger partial charge in [-0.25, -0.2) is 22.0 Å². The summed E-state index contributed by atoms with van der Waals surface area (Å²) in [5.74, 6) is -0.506. The van der Waals surface area contributed by atoms with Crippen LogP contribution >= 0.6 is 0 Å². The van der Waals surface area contributed by atoms with Crippen LogP contribution < -0.4 is 10.5 Å². The molecule has 1 amide bonds. The molecule has 1 rings (SSSR count). The molecule has 3 N–H and O–H groups in total. The quantitative estimate of drug-likeness (QED) is 0.684. The second-order valence-electron chi connectivity index (χ2n) is 4.31. The smallest absolute Gasteiger partial charge is 0.251 e.